The molecule has 97 heavy (non-hydrogen) atoms. The third-order valence-electron chi connectivity index (χ3n) is 18.2. The summed E-state index contributed by atoms with van der Waals surface area (Å²) in [4.78, 5) is 50.8. The highest BCUT2D eigenvalue weighted by Gasteiger charge is 2.58. The molecule has 0 amide bonds. The summed E-state index contributed by atoms with van der Waals surface area (Å²) in [6.45, 7) is 3.30. The number of esters is 3. The average molecular weight is 1410 g/mol. The maximum absolute atomic E-state index is 14.3. The first-order chi connectivity index (χ1) is 46.8. The highest BCUT2D eigenvalue weighted by atomic mass is 31.2. The van der Waals surface area contributed by atoms with Crippen LogP contribution in [-0.4, -0.2) is 204 Å². The largest absolute Gasteiger partial charge is 0.472 e. The molecule has 11 N–H and O–H groups in total. The number of rotatable bonds is 57. The molecule has 0 aromatic rings. The third-order valence-corrected chi connectivity index (χ3v) is 19.2. The van der Waals surface area contributed by atoms with Gasteiger partial charge in [-0.2, -0.15) is 0 Å². The number of allylic oxidation sites excluding steroid dienone is 5. The number of carbonyl (C=O) groups excluding carboxylic acids is 3. The maximum Gasteiger partial charge on any atom is 0.472 e. The first-order valence-corrected chi connectivity index (χ1v) is 38.8. The van der Waals surface area contributed by atoms with E-state index in [0.717, 1.165) is 96.0 Å². The number of phosphoric ester groups is 1. The van der Waals surface area contributed by atoms with E-state index in [2.05, 4.69) is 32.9 Å². The summed E-state index contributed by atoms with van der Waals surface area (Å²) in [6, 6.07) is 0. The molecule has 0 bridgehead atoms. The van der Waals surface area contributed by atoms with Gasteiger partial charge < -0.3 is 89.1 Å². The third kappa shape index (κ3) is 37.3. The van der Waals surface area contributed by atoms with Crippen molar-refractivity contribution in [3.05, 3.63) is 36.5 Å². The number of hydrogen-bond acceptors (Lipinski definition) is 23. The van der Waals surface area contributed by atoms with Gasteiger partial charge in [-0.3, -0.25) is 18.6 Å². The molecule has 566 valence electrons. The Morgan fingerprint density at radius 2 is 0.804 bits per heavy atom. The molecule has 2 saturated heterocycles. The Hall–Kier alpha value is -2.82. The predicted molar refractivity (Wildman–Crippen MR) is 365 cm³/mol. The van der Waals surface area contributed by atoms with Crippen LogP contribution in [0.2, 0.25) is 0 Å². The smallest absolute Gasteiger partial charge is 0.463 e. The average Bonchev–Trinajstić information content (AvgIpc) is 0.768. The fourth-order valence-corrected chi connectivity index (χ4v) is 13.1. The number of unbranched alkanes of at least 4 members (excludes halogenated alkanes) is 33. The molecule has 18 atom stereocenters. The predicted octanol–water partition coefficient (Wildman–Crippen LogP) is 9.90. The summed E-state index contributed by atoms with van der Waals surface area (Å²) in [5.74, 6) is -2.26. The molecule has 25 heteroatoms. The van der Waals surface area contributed by atoms with Gasteiger partial charge in [-0.05, 0) is 51.4 Å². The molecule has 2 aliphatic heterocycles. The van der Waals surface area contributed by atoms with E-state index in [9.17, 15) is 74.9 Å². The van der Waals surface area contributed by atoms with E-state index in [1.54, 1.807) is 6.08 Å². The molecule has 0 aromatic heterocycles. The second-order valence-corrected chi connectivity index (χ2v) is 28.1. The van der Waals surface area contributed by atoms with Gasteiger partial charge in [0, 0.05) is 18.9 Å². The first kappa shape index (κ1) is 88.4. The minimum atomic E-state index is -5.72. The van der Waals surface area contributed by atoms with Gasteiger partial charge in [-0.25, -0.2) is 9.36 Å². The van der Waals surface area contributed by atoms with E-state index in [1.807, 2.05) is 6.08 Å². The van der Waals surface area contributed by atoms with Gasteiger partial charge in [0.1, 0.15) is 98.7 Å². The second-order valence-electron chi connectivity index (χ2n) is 26.7. The molecule has 0 radical (unpaired) electrons. The number of aliphatic hydroxyl groups is 10. The number of phosphoric acid groups is 1. The van der Waals surface area contributed by atoms with Crippen LogP contribution in [0.1, 0.15) is 271 Å². The van der Waals surface area contributed by atoms with Crippen molar-refractivity contribution >= 4 is 25.7 Å². The summed E-state index contributed by atoms with van der Waals surface area (Å²) in [5, 5.41) is 110. The first-order valence-electron chi connectivity index (χ1n) is 37.3. The van der Waals surface area contributed by atoms with Crippen molar-refractivity contribution in [3.63, 3.8) is 0 Å². The topological polar surface area (TPSA) is 374 Å². The van der Waals surface area contributed by atoms with Crippen molar-refractivity contribution in [3.8, 4) is 0 Å². The highest BCUT2D eigenvalue weighted by molar-refractivity contribution is 7.47. The van der Waals surface area contributed by atoms with Crippen molar-refractivity contribution in [1.82, 2.24) is 0 Å². The normalized spacial score (nSPS) is 28.0. The van der Waals surface area contributed by atoms with Gasteiger partial charge in [-0.1, -0.05) is 237 Å². The standard InChI is InChI=1S/C72H129O24P/c1-4-7-10-13-16-19-22-25-27-30-32-34-37-40-43-46-56(74)88-50-53(91-58(76)48-45-42-39-36-33-28-24-21-18-15-12-9-6-3)51-90-97(86,87)96-70-68(94-71-66(84)61(79)59(77)54(49-73)92-71)64(82)63(81)65(83)69(70)95-72-67(85)62(80)60(78)55(93-72)52-89-57(75)47-44-41-38-35-31-29-26-23-20-17-14-11-8-5-2/h29,31,37,40,43,46,53-55,59-73,77-85H,4-28,30,32-36,38-39,41-42,44-45,47-52H2,1-3H3,(H,86,87)/b31-29-,40-37+,46-43+. The van der Waals surface area contributed by atoms with Crippen LogP contribution < -0.4 is 0 Å². The fourth-order valence-electron chi connectivity index (χ4n) is 12.1. The van der Waals surface area contributed by atoms with E-state index >= 15 is 0 Å². The van der Waals surface area contributed by atoms with E-state index in [4.69, 9.17) is 42.2 Å². The Morgan fingerprint density at radius 1 is 0.423 bits per heavy atom. The molecule has 18 unspecified atom stereocenters. The van der Waals surface area contributed by atoms with Gasteiger partial charge in [-0.15, -0.1) is 0 Å². The van der Waals surface area contributed by atoms with E-state index in [0.29, 0.717) is 12.8 Å². The van der Waals surface area contributed by atoms with Crippen LogP contribution in [0.3, 0.4) is 0 Å². The molecular weight excluding hydrogens is 1280 g/mol. The Balaban J connectivity index is 1.76. The van der Waals surface area contributed by atoms with Crippen molar-refractivity contribution in [2.45, 2.75) is 375 Å². The molecule has 1 saturated carbocycles. The minimum absolute atomic E-state index is 0.00483. The van der Waals surface area contributed by atoms with Crippen LogP contribution in [0.15, 0.2) is 36.5 Å². The lowest BCUT2D eigenvalue weighted by Crippen LogP contribution is -2.69. The summed E-state index contributed by atoms with van der Waals surface area (Å²) in [6.07, 6.45) is 15.7. The molecular formula is C72H129O24P. The van der Waals surface area contributed by atoms with Crippen LogP contribution >= 0.6 is 7.82 Å². The second kappa shape index (κ2) is 53.9. The van der Waals surface area contributed by atoms with Crippen LogP contribution in [0.5, 0.6) is 0 Å². The van der Waals surface area contributed by atoms with Gasteiger partial charge in [0.15, 0.2) is 18.7 Å². The Bertz CT molecular complexity index is 2150. The molecule has 3 aliphatic rings. The quantitative estimate of drug-likeness (QED) is 0.00513. The van der Waals surface area contributed by atoms with Gasteiger partial charge in [0.05, 0.1) is 13.2 Å². The van der Waals surface area contributed by atoms with Crippen LogP contribution in [0, 0.1) is 0 Å². The Morgan fingerprint density at radius 3 is 1.26 bits per heavy atom. The van der Waals surface area contributed by atoms with Gasteiger partial charge in [0.25, 0.3) is 0 Å². The van der Waals surface area contributed by atoms with Crippen LogP contribution in [0.4, 0.5) is 0 Å². The Labute approximate surface area is 578 Å². The summed E-state index contributed by atoms with van der Waals surface area (Å²) < 4.78 is 64.7. The molecule has 3 fully saturated rings. The maximum atomic E-state index is 14.3. The fraction of sp³-hybridized carbons (Fsp3) is 0.875. The van der Waals surface area contributed by atoms with Crippen molar-refractivity contribution in [1.29, 1.82) is 0 Å². The molecule has 2 heterocycles. The zero-order valence-electron chi connectivity index (χ0n) is 58.9. The zero-order chi connectivity index (χ0) is 71.1. The molecule has 0 spiro atoms. The molecule has 24 nitrogen and oxygen atoms in total. The lowest BCUT2D eigenvalue weighted by molar-refractivity contribution is -0.360. The van der Waals surface area contributed by atoms with E-state index in [1.165, 1.54) is 141 Å². The van der Waals surface area contributed by atoms with Crippen LogP contribution in [0.25, 0.3) is 0 Å². The summed E-state index contributed by atoms with van der Waals surface area (Å²) in [5.41, 5.74) is 0. The van der Waals surface area contributed by atoms with E-state index in [-0.39, 0.29) is 12.8 Å². The van der Waals surface area contributed by atoms with Gasteiger partial charge >= 0.3 is 25.7 Å². The number of ether oxygens (including phenoxy) is 7. The number of hydrogen-bond donors (Lipinski definition) is 11. The summed E-state index contributed by atoms with van der Waals surface area (Å²) in [7, 11) is -5.72. The van der Waals surface area contributed by atoms with Crippen molar-refractivity contribution in [2.75, 3.05) is 26.4 Å². The van der Waals surface area contributed by atoms with Gasteiger partial charge in [0.2, 0.25) is 0 Å². The van der Waals surface area contributed by atoms with Crippen molar-refractivity contribution < 1.29 is 117 Å². The summed E-state index contributed by atoms with van der Waals surface area (Å²) >= 11 is 0. The van der Waals surface area contributed by atoms with E-state index < -0.39 is 156 Å². The molecule has 0 aromatic carbocycles. The number of aliphatic hydroxyl groups excluding tert-OH is 10. The minimum Gasteiger partial charge on any atom is -0.463 e. The van der Waals surface area contributed by atoms with Crippen LogP contribution in [-0.2, 0) is 61.2 Å². The molecule has 3 rings (SSSR count). The number of carbonyl (C=O) groups is 3. The monoisotopic (exact) mass is 1410 g/mol. The lowest BCUT2D eigenvalue weighted by atomic mass is 9.84. The molecule has 1 aliphatic carbocycles. The van der Waals surface area contributed by atoms with Crippen molar-refractivity contribution in [2.24, 2.45) is 0 Å². The highest BCUT2D eigenvalue weighted by Crippen LogP contribution is 2.49. The lowest BCUT2D eigenvalue weighted by Gasteiger charge is -2.49. The Kier molecular flexibility index (Phi) is 49.1. The SMILES string of the molecule is CCCCCCCCC/C=C\CCCCCC(=O)OCC1OC(OC2C(O)C(O)C(O)C(OC3OC(CO)C(O)C(O)C3O)C2OP(=O)(O)OCC(COC(=O)/C=C/C=C/CCCCCCCCCCCCC)OC(=O)CCCCCCCCCCCCCCC)C(O)C(O)C1O. The zero-order valence-corrected chi connectivity index (χ0v) is 59.8.